The number of ether oxygens (including phenoxy) is 1. The molecular weight excluding hydrogens is 560 g/mol. The van der Waals surface area contributed by atoms with Gasteiger partial charge in [-0.15, -0.1) is 15.3 Å². The number of amides is 2. The Kier molecular flexibility index (Phi) is 7.95. The third kappa shape index (κ3) is 5.82. The number of nitrogens with one attached hydrogen (secondary N) is 3. The van der Waals surface area contributed by atoms with Gasteiger partial charge in [-0.3, -0.25) is 19.5 Å². The van der Waals surface area contributed by atoms with Crippen LogP contribution in [0.2, 0.25) is 0 Å². The van der Waals surface area contributed by atoms with Crippen molar-refractivity contribution in [1.82, 2.24) is 40.4 Å². The molecule has 0 spiro atoms. The lowest BCUT2D eigenvalue weighted by molar-refractivity contribution is -0.117. The first-order valence-corrected chi connectivity index (χ1v) is 14.7. The van der Waals surface area contributed by atoms with Gasteiger partial charge in [0.25, 0.3) is 5.91 Å². The van der Waals surface area contributed by atoms with Crippen LogP contribution >= 0.6 is 0 Å². The molecule has 2 atom stereocenters. The zero-order valence-corrected chi connectivity index (χ0v) is 25.5. The largest absolute Gasteiger partial charge is 0.494 e. The number of benzene rings is 1. The number of methoxy groups -OCH3 is 1. The van der Waals surface area contributed by atoms with Crippen LogP contribution in [0.1, 0.15) is 53.2 Å². The second kappa shape index (κ2) is 12.0. The number of aryl methyl sites for hydroxylation is 2. The maximum atomic E-state index is 12.6. The molecule has 0 unspecified atom stereocenters. The lowest BCUT2D eigenvalue weighted by atomic mass is 9.97. The van der Waals surface area contributed by atoms with E-state index in [0.717, 1.165) is 48.4 Å². The van der Waals surface area contributed by atoms with Crippen molar-refractivity contribution in [1.29, 1.82) is 0 Å². The number of aromatic nitrogens is 6. The Morgan fingerprint density at radius 2 is 1.89 bits per heavy atom. The fraction of sp³-hybridized carbons (Fsp3) is 0.387. The van der Waals surface area contributed by atoms with Crippen molar-refractivity contribution in [2.24, 2.45) is 5.92 Å². The van der Waals surface area contributed by atoms with Gasteiger partial charge in [0.1, 0.15) is 5.69 Å². The van der Waals surface area contributed by atoms with Gasteiger partial charge in [0, 0.05) is 43.9 Å². The fourth-order valence-corrected chi connectivity index (χ4v) is 5.49. The number of hydrogen-bond donors (Lipinski definition) is 3. The van der Waals surface area contributed by atoms with Crippen LogP contribution in [-0.4, -0.2) is 73.6 Å². The van der Waals surface area contributed by atoms with Crippen LogP contribution in [0.5, 0.6) is 5.75 Å². The summed E-state index contributed by atoms with van der Waals surface area (Å²) in [6.45, 7) is 7.81. The van der Waals surface area contributed by atoms with E-state index in [9.17, 15) is 9.59 Å². The number of anilines is 3. The Balaban J connectivity index is 1.25. The summed E-state index contributed by atoms with van der Waals surface area (Å²) >= 11 is 0. The van der Waals surface area contributed by atoms with Crippen LogP contribution in [-0.2, 0) is 11.3 Å². The zero-order chi connectivity index (χ0) is 31.0. The van der Waals surface area contributed by atoms with Crippen LogP contribution in [0.3, 0.4) is 0 Å². The number of pyridine rings is 1. The molecule has 3 aromatic heterocycles. The molecule has 1 aliphatic heterocycles. The first-order valence-electron chi connectivity index (χ1n) is 14.7. The molecule has 44 heavy (non-hydrogen) atoms. The maximum Gasteiger partial charge on any atom is 0.273 e. The monoisotopic (exact) mass is 596 g/mol. The van der Waals surface area contributed by atoms with E-state index >= 15 is 0 Å². The van der Waals surface area contributed by atoms with Gasteiger partial charge in [-0.05, 0) is 57.4 Å². The highest BCUT2D eigenvalue weighted by Crippen LogP contribution is 2.41. The third-order valence-electron chi connectivity index (χ3n) is 8.25. The SMILES string of the molecule is CNC(=O)c1nnc(NC(=O)C2CC2)cc1Nc1ccc(C)c(-c2cn([C@@H]3CN(Cc4cccc(C)n4)[C@H]3C)nn2)c1OC. The third-order valence-corrected chi connectivity index (χ3v) is 8.25. The van der Waals surface area contributed by atoms with Crippen molar-refractivity contribution in [2.75, 3.05) is 31.3 Å². The minimum atomic E-state index is -0.420. The van der Waals surface area contributed by atoms with E-state index in [2.05, 4.69) is 59.3 Å². The minimum Gasteiger partial charge on any atom is -0.494 e. The molecule has 1 aromatic carbocycles. The van der Waals surface area contributed by atoms with Crippen LogP contribution in [0.15, 0.2) is 42.6 Å². The van der Waals surface area contributed by atoms with E-state index in [1.807, 2.05) is 49.0 Å². The normalized spacial score (nSPS) is 17.9. The predicted octanol–water partition coefficient (Wildman–Crippen LogP) is 3.65. The van der Waals surface area contributed by atoms with Crippen LogP contribution < -0.4 is 20.7 Å². The predicted molar refractivity (Wildman–Crippen MR) is 165 cm³/mol. The lowest BCUT2D eigenvalue weighted by Gasteiger charge is -2.45. The molecule has 4 aromatic rings. The molecule has 0 radical (unpaired) electrons. The highest BCUT2D eigenvalue weighted by Gasteiger charge is 2.38. The molecule has 2 fully saturated rings. The van der Waals surface area contributed by atoms with Crippen LogP contribution in [0, 0.1) is 19.8 Å². The smallest absolute Gasteiger partial charge is 0.273 e. The molecule has 228 valence electrons. The number of hydrogen-bond acceptors (Lipinski definition) is 10. The molecule has 1 saturated carbocycles. The Morgan fingerprint density at radius 1 is 1.07 bits per heavy atom. The Labute approximate surface area is 255 Å². The molecule has 6 rings (SSSR count). The van der Waals surface area contributed by atoms with E-state index in [0.29, 0.717) is 22.8 Å². The first-order chi connectivity index (χ1) is 21.2. The summed E-state index contributed by atoms with van der Waals surface area (Å²) in [5, 5.41) is 25.8. The van der Waals surface area contributed by atoms with Crippen molar-refractivity contribution in [2.45, 2.75) is 52.2 Å². The van der Waals surface area contributed by atoms with Gasteiger partial charge in [-0.2, -0.15) is 0 Å². The Hall–Kier alpha value is -4.91. The van der Waals surface area contributed by atoms with Crippen molar-refractivity contribution in [3.63, 3.8) is 0 Å². The zero-order valence-electron chi connectivity index (χ0n) is 25.5. The molecule has 1 aliphatic carbocycles. The van der Waals surface area contributed by atoms with E-state index in [4.69, 9.17) is 4.74 Å². The van der Waals surface area contributed by atoms with E-state index in [-0.39, 0.29) is 35.4 Å². The number of rotatable bonds is 10. The molecule has 3 N–H and O–H groups in total. The summed E-state index contributed by atoms with van der Waals surface area (Å²) in [5.41, 5.74) is 5.51. The van der Waals surface area contributed by atoms with E-state index in [1.165, 1.54) is 7.05 Å². The molecule has 13 heteroatoms. The van der Waals surface area contributed by atoms with Gasteiger partial charge in [0.05, 0.1) is 42.0 Å². The number of carbonyl (C=O) groups is 2. The minimum absolute atomic E-state index is 0.00359. The topological polar surface area (TPSA) is 152 Å². The second-order valence-corrected chi connectivity index (χ2v) is 11.4. The number of carbonyl (C=O) groups excluding carboxylic acids is 2. The summed E-state index contributed by atoms with van der Waals surface area (Å²) in [6.07, 6.45) is 3.67. The van der Waals surface area contributed by atoms with Crippen molar-refractivity contribution < 1.29 is 14.3 Å². The standard InChI is InChI=1S/C31H36N10O3/c1-17-9-12-22(34-23-13-26(35-30(42)20-10-11-20)37-38-28(23)31(43)32-4)29(44-5)27(17)24-15-41(39-36-24)25-16-40(19(25)3)14-21-8-6-7-18(2)33-21/h6-9,12-13,15,19-20,25H,10-11,14,16H2,1-5H3,(H,32,43)(H2,34,35,37,42)/t19-,25+/m0/s1. The molecular formula is C31H36N10O3. The van der Waals surface area contributed by atoms with Gasteiger partial charge in [0.15, 0.2) is 17.3 Å². The van der Waals surface area contributed by atoms with Gasteiger partial charge in [0.2, 0.25) is 5.91 Å². The summed E-state index contributed by atoms with van der Waals surface area (Å²) in [4.78, 5) is 32.0. The van der Waals surface area contributed by atoms with Crippen molar-refractivity contribution in [3.8, 4) is 17.0 Å². The van der Waals surface area contributed by atoms with Crippen LogP contribution in [0.4, 0.5) is 17.2 Å². The second-order valence-electron chi connectivity index (χ2n) is 11.4. The highest BCUT2D eigenvalue weighted by atomic mass is 16.5. The number of nitrogens with zero attached hydrogens (tertiary/aromatic N) is 7. The quantitative estimate of drug-likeness (QED) is 0.247. The van der Waals surface area contributed by atoms with E-state index in [1.54, 1.807) is 13.2 Å². The summed E-state index contributed by atoms with van der Waals surface area (Å²) in [5.74, 6) is 0.265. The van der Waals surface area contributed by atoms with Crippen molar-refractivity contribution in [3.05, 3.63) is 65.2 Å². The molecule has 0 bridgehead atoms. The van der Waals surface area contributed by atoms with Crippen LogP contribution in [0.25, 0.3) is 11.3 Å². The lowest BCUT2D eigenvalue weighted by Crippen LogP contribution is -2.54. The van der Waals surface area contributed by atoms with E-state index < -0.39 is 5.91 Å². The molecule has 4 heterocycles. The molecule has 1 saturated heterocycles. The fourth-order valence-electron chi connectivity index (χ4n) is 5.49. The molecule has 2 aliphatic rings. The average Bonchev–Trinajstić information content (AvgIpc) is 3.77. The Bertz CT molecular complexity index is 1720. The highest BCUT2D eigenvalue weighted by molar-refractivity contribution is 6.00. The molecule has 13 nitrogen and oxygen atoms in total. The Morgan fingerprint density at radius 3 is 2.59 bits per heavy atom. The van der Waals surface area contributed by atoms with Crippen molar-refractivity contribution >= 4 is 29.0 Å². The summed E-state index contributed by atoms with van der Waals surface area (Å²) in [7, 11) is 3.11. The maximum absolute atomic E-state index is 12.6. The first kappa shape index (κ1) is 29.2. The summed E-state index contributed by atoms with van der Waals surface area (Å²) in [6, 6.07) is 12.0. The van der Waals surface area contributed by atoms with Gasteiger partial charge >= 0.3 is 0 Å². The van der Waals surface area contributed by atoms with Gasteiger partial charge in [-0.25, -0.2) is 4.68 Å². The number of likely N-dealkylation sites (tertiary alicyclic amines) is 1. The molecule has 2 amide bonds. The van der Waals surface area contributed by atoms with Gasteiger partial charge in [-0.1, -0.05) is 17.3 Å². The van der Waals surface area contributed by atoms with Gasteiger partial charge < -0.3 is 20.7 Å². The average molecular weight is 597 g/mol. The summed E-state index contributed by atoms with van der Waals surface area (Å²) < 4.78 is 7.83.